The summed E-state index contributed by atoms with van der Waals surface area (Å²) in [5.74, 6) is 0.0111. The highest BCUT2D eigenvalue weighted by molar-refractivity contribution is 6.35. The van der Waals surface area contributed by atoms with Crippen LogP contribution in [-0.2, 0) is 17.6 Å². The summed E-state index contributed by atoms with van der Waals surface area (Å²) in [7, 11) is 0. The minimum absolute atomic E-state index is 0.0111. The van der Waals surface area contributed by atoms with E-state index in [2.05, 4.69) is 10.3 Å². The minimum Gasteiger partial charge on any atom is -0.356 e. The molecule has 0 fully saturated rings. The predicted octanol–water partition coefficient (Wildman–Crippen LogP) is 3.68. The number of amides is 1. The highest BCUT2D eigenvalue weighted by atomic mass is 35.5. The third-order valence-electron chi connectivity index (χ3n) is 3.07. The number of hydrogen-bond donors (Lipinski definition) is 1. The van der Waals surface area contributed by atoms with Crippen molar-refractivity contribution >= 4 is 29.1 Å². The van der Waals surface area contributed by atoms with Gasteiger partial charge < -0.3 is 5.32 Å². The highest BCUT2D eigenvalue weighted by Gasteiger charge is 2.05. The first-order valence-corrected chi connectivity index (χ1v) is 7.51. The Morgan fingerprint density at radius 2 is 2.00 bits per heavy atom. The van der Waals surface area contributed by atoms with Crippen LogP contribution in [0.2, 0.25) is 10.0 Å². The van der Waals surface area contributed by atoms with Crippen LogP contribution in [0.3, 0.4) is 0 Å². The number of halogens is 2. The third kappa shape index (κ3) is 5.37. The standard InChI is InChI=1S/C16H16Cl2N2O/c17-13-6-4-12(15(18)11-13)5-7-16(21)20-10-8-14-3-1-2-9-19-14/h1-4,6,9,11H,5,7-8,10H2,(H,20,21). The van der Waals surface area contributed by atoms with Gasteiger partial charge in [0.2, 0.25) is 5.91 Å². The lowest BCUT2D eigenvalue weighted by molar-refractivity contribution is -0.121. The van der Waals surface area contributed by atoms with Crippen molar-refractivity contribution in [1.82, 2.24) is 10.3 Å². The van der Waals surface area contributed by atoms with Gasteiger partial charge in [-0.15, -0.1) is 0 Å². The number of pyridine rings is 1. The average Bonchev–Trinajstić information content (AvgIpc) is 2.47. The number of rotatable bonds is 6. The first kappa shape index (κ1) is 15.8. The Morgan fingerprint density at radius 3 is 2.71 bits per heavy atom. The number of carbonyl (C=O) groups excluding carboxylic acids is 1. The monoisotopic (exact) mass is 322 g/mol. The summed E-state index contributed by atoms with van der Waals surface area (Å²) in [4.78, 5) is 16.0. The summed E-state index contributed by atoms with van der Waals surface area (Å²) in [5, 5.41) is 4.09. The van der Waals surface area contributed by atoms with Gasteiger partial charge in [-0.3, -0.25) is 9.78 Å². The third-order valence-corrected chi connectivity index (χ3v) is 3.65. The highest BCUT2D eigenvalue weighted by Crippen LogP contribution is 2.21. The van der Waals surface area contributed by atoms with E-state index in [0.29, 0.717) is 29.4 Å². The van der Waals surface area contributed by atoms with E-state index in [1.54, 1.807) is 18.3 Å². The summed E-state index contributed by atoms with van der Waals surface area (Å²) >= 11 is 11.9. The van der Waals surface area contributed by atoms with E-state index in [-0.39, 0.29) is 5.91 Å². The molecule has 0 saturated carbocycles. The Morgan fingerprint density at radius 1 is 1.14 bits per heavy atom. The molecule has 0 aliphatic carbocycles. The molecule has 0 radical (unpaired) electrons. The van der Waals surface area contributed by atoms with E-state index in [1.165, 1.54) is 0 Å². The first-order valence-electron chi connectivity index (χ1n) is 6.75. The SMILES string of the molecule is O=C(CCc1ccc(Cl)cc1Cl)NCCc1ccccn1. The van der Waals surface area contributed by atoms with Crippen LogP contribution in [0, 0.1) is 0 Å². The lowest BCUT2D eigenvalue weighted by Gasteiger charge is -2.06. The second kappa shape index (κ2) is 8.01. The minimum atomic E-state index is 0.0111. The molecule has 0 spiro atoms. The number of hydrogen-bond acceptors (Lipinski definition) is 2. The van der Waals surface area contributed by atoms with Gasteiger partial charge in [-0.1, -0.05) is 35.3 Å². The Hall–Kier alpha value is -1.58. The van der Waals surface area contributed by atoms with Gasteiger partial charge >= 0.3 is 0 Å². The number of nitrogens with zero attached hydrogens (tertiary/aromatic N) is 1. The summed E-state index contributed by atoms with van der Waals surface area (Å²) < 4.78 is 0. The van der Waals surface area contributed by atoms with Crippen molar-refractivity contribution in [3.63, 3.8) is 0 Å². The van der Waals surface area contributed by atoms with Crippen LogP contribution >= 0.6 is 23.2 Å². The zero-order valence-electron chi connectivity index (χ0n) is 11.5. The Labute approximate surface area is 134 Å². The quantitative estimate of drug-likeness (QED) is 0.881. The van der Waals surface area contributed by atoms with Crippen molar-refractivity contribution < 1.29 is 4.79 Å². The molecule has 0 atom stereocenters. The van der Waals surface area contributed by atoms with Crippen LogP contribution in [-0.4, -0.2) is 17.4 Å². The first-order chi connectivity index (χ1) is 10.1. The van der Waals surface area contributed by atoms with Crippen molar-refractivity contribution in [3.8, 4) is 0 Å². The number of aromatic nitrogens is 1. The summed E-state index contributed by atoms with van der Waals surface area (Å²) in [6, 6.07) is 11.1. The molecule has 1 aromatic heterocycles. The van der Waals surface area contributed by atoms with Gasteiger partial charge in [0.25, 0.3) is 0 Å². The smallest absolute Gasteiger partial charge is 0.220 e. The van der Waals surface area contributed by atoms with Gasteiger partial charge in [-0.2, -0.15) is 0 Å². The molecule has 1 N–H and O–H groups in total. The van der Waals surface area contributed by atoms with Crippen molar-refractivity contribution in [2.75, 3.05) is 6.54 Å². The van der Waals surface area contributed by atoms with Crippen LogP contribution in [0.25, 0.3) is 0 Å². The molecule has 0 aliphatic rings. The molecule has 110 valence electrons. The molecule has 0 aliphatic heterocycles. The second-order valence-electron chi connectivity index (χ2n) is 4.66. The molecule has 0 bridgehead atoms. The van der Waals surface area contributed by atoms with Gasteiger partial charge in [0, 0.05) is 41.3 Å². The molecule has 1 aromatic carbocycles. The van der Waals surface area contributed by atoms with Gasteiger partial charge in [-0.05, 0) is 36.2 Å². The fourth-order valence-electron chi connectivity index (χ4n) is 1.94. The Kier molecular flexibility index (Phi) is 6.03. The molecule has 1 heterocycles. The number of carbonyl (C=O) groups is 1. The fraction of sp³-hybridized carbons (Fsp3) is 0.250. The molecule has 3 nitrogen and oxygen atoms in total. The fourth-order valence-corrected chi connectivity index (χ4v) is 2.44. The van der Waals surface area contributed by atoms with Crippen LogP contribution in [0.5, 0.6) is 0 Å². The van der Waals surface area contributed by atoms with E-state index >= 15 is 0 Å². The number of nitrogens with one attached hydrogen (secondary N) is 1. The number of aryl methyl sites for hydroxylation is 1. The maximum Gasteiger partial charge on any atom is 0.220 e. The lowest BCUT2D eigenvalue weighted by atomic mass is 10.1. The molecule has 5 heteroatoms. The summed E-state index contributed by atoms with van der Waals surface area (Å²) in [6.45, 7) is 0.587. The van der Waals surface area contributed by atoms with Crippen LogP contribution in [0.1, 0.15) is 17.7 Å². The van der Waals surface area contributed by atoms with Crippen molar-refractivity contribution in [1.29, 1.82) is 0 Å². The topological polar surface area (TPSA) is 42.0 Å². The van der Waals surface area contributed by atoms with Gasteiger partial charge in [0.15, 0.2) is 0 Å². The Balaban J connectivity index is 1.72. The maximum absolute atomic E-state index is 11.8. The van der Waals surface area contributed by atoms with E-state index < -0.39 is 0 Å². The zero-order chi connectivity index (χ0) is 15.1. The van der Waals surface area contributed by atoms with Crippen molar-refractivity contribution in [2.45, 2.75) is 19.3 Å². The average molecular weight is 323 g/mol. The summed E-state index contributed by atoms with van der Waals surface area (Å²) in [5.41, 5.74) is 1.90. The van der Waals surface area contributed by atoms with Crippen LogP contribution in [0.4, 0.5) is 0 Å². The summed E-state index contributed by atoms with van der Waals surface area (Å²) in [6.07, 6.45) is 3.49. The van der Waals surface area contributed by atoms with E-state index in [1.807, 2.05) is 24.3 Å². The molecule has 0 unspecified atom stereocenters. The molecule has 2 aromatic rings. The van der Waals surface area contributed by atoms with Crippen LogP contribution in [0.15, 0.2) is 42.6 Å². The van der Waals surface area contributed by atoms with E-state index in [9.17, 15) is 4.79 Å². The van der Waals surface area contributed by atoms with Crippen molar-refractivity contribution in [2.24, 2.45) is 0 Å². The molecular weight excluding hydrogens is 307 g/mol. The molecule has 0 saturated heterocycles. The zero-order valence-corrected chi connectivity index (χ0v) is 13.0. The predicted molar refractivity (Wildman–Crippen MR) is 85.7 cm³/mol. The van der Waals surface area contributed by atoms with Crippen LogP contribution < -0.4 is 5.32 Å². The molecule has 2 rings (SSSR count). The molecular formula is C16H16Cl2N2O. The van der Waals surface area contributed by atoms with Crippen molar-refractivity contribution in [3.05, 3.63) is 63.9 Å². The largest absolute Gasteiger partial charge is 0.356 e. The van der Waals surface area contributed by atoms with E-state index in [0.717, 1.165) is 17.7 Å². The lowest BCUT2D eigenvalue weighted by Crippen LogP contribution is -2.26. The van der Waals surface area contributed by atoms with Gasteiger partial charge in [0.05, 0.1) is 0 Å². The van der Waals surface area contributed by atoms with E-state index in [4.69, 9.17) is 23.2 Å². The molecule has 1 amide bonds. The number of benzene rings is 1. The Bertz CT molecular complexity index is 602. The maximum atomic E-state index is 11.8. The van der Waals surface area contributed by atoms with Gasteiger partial charge in [-0.25, -0.2) is 0 Å². The molecule has 21 heavy (non-hydrogen) atoms. The van der Waals surface area contributed by atoms with Gasteiger partial charge in [0.1, 0.15) is 0 Å². The second-order valence-corrected chi connectivity index (χ2v) is 5.50. The normalized spacial score (nSPS) is 10.4.